The Kier molecular flexibility index (Phi) is 5.40. The second-order valence-corrected chi connectivity index (χ2v) is 6.93. The van der Waals surface area contributed by atoms with Crippen LogP contribution in [-0.4, -0.2) is 35.1 Å². The molecule has 2 heterocycles. The lowest BCUT2D eigenvalue weighted by atomic mass is 9.97. The van der Waals surface area contributed by atoms with Crippen molar-refractivity contribution in [1.82, 2.24) is 4.98 Å². The number of hydrogen-bond donors (Lipinski definition) is 2. The summed E-state index contributed by atoms with van der Waals surface area (Å²) in [6, 6.07) is 7.81. The molecule has 1 fully saturated rings. The van der Waals surface area contributed by atoms with Crippen LogP contribution in [0.5, 0.6) is 0 Å². The van der Waals surface area contributed by atoms with E-state index in [9.17, 15) is 9.59 Å². The predicted octanol–water partition coefficient (Wildman–Crippen LogP) is 3.58. The first kappa shape index (κ1) is 18.2. The van der Waals surface area contributed by atoms with E-state index in [1.807, 2.05) is 38.1 Å². The summed E-state index contributed by atoms with van der Waals surface area (Å²) in [5.74, 6) is -0.0379. The number of carbonyl (C=O) groups excluding carboxylic acids is 1. The van der Waals surface area contributed by atoms with Crippen LogP contribution in [-0.2, 0) is 9.59 Å². The topological polar surface area (TPSA) is 82.5 Å². The minimum Gasteiger partial charge on any atom is -0.481 e. The Labute approximate surface area is 153 Å². The predicted molar refractivity (Wildman–Crippen MR) is 103 cm³/mol. The highest BCUT2D eigenvalue weighted by molar-refractivity contribution is 5.94. The summed E-state index contributed by atoms with van der Waals surface area (Å²) in [5, 5.41) is 13.1. The molecule has 1 saturated heterocycles. The first-order valence-corrected chi connectivity index (χ1v) is 9.17. The number of pyridine rings is 1. The number of rotatable bonds is 5. The fourth-order valence-corrected chi connectivity index (χ4v) is 3.42. The van der Waals surface area contributed by atoms with Gasteiger partial charge in [0.2, 0.25) is 5.91 Å². The number of carbonyl (C=O) groups is 2. The molecule has 2 aromatic rings. The molecule has 0 atom stereocenters. The molecule has 3 rings (SSSR count). The molecule has 1 aromatic heterocycles. The summed E-state index contributed by atoms with van der Waals surface area (Å²) in [4.78, 5) is 29.8. The largest absolute Gasteiger partial charge is 0.481 e. The Morgan fingerprint density at radius 1 is 1.27 bits per heavy atom. The number of hydrogen-bond acceptors (Lipinski definition) is 4. The third kappa shape index (κ3) is 3.95. The molecule has 1 amide bonds. The molecule has 0 unspecified atom stereocenters. The molecule has 6 heteroatoms. The number of aromatic nitrogens is 1. The van der Waals surface area contributed by atoms with E-state index in [1.165, 1.54) is 0 Å². The Morgan fingerprint density at radius 2 is 2.00 bits per heavy atom. The van der Waals surface area contributed by atoms with Gasteiger partial charge in [0, 0.05) is 30.6 Å². The number of aryl methyl sites for hydroxylation is 1. The van der Waals surface area contributed by atoms with E-state index in [1.54, 1.807) is 0 Å². The second-order valence-electron chi connectivity index (χ2n) is 6.93. The van der Waals surface area contributed by atoms with Gasteiger partial charge in [-0.3, -0.25) is 9.59 Å². The van der Waals surface area contributed by atoms with Gasteiger partial charge in [0.25, 0.3) is 0 Å². The molecular formula is C20H25N3O3. The number of carboxylic acids is 1. The second kappa shape index (κ2) is 7.72. The van der Waals surface area contributed by atoms with Crippen LogP contribution >= 0.6 is 0 Å². The van der Waals surface area contributed by atoms with Crippen LogP contribution in [0.25, 0.3) is 10.9 Å². The van der Waals surface area contributed by atoms with Gasteiger partial charge in [-0.1, -0.05) is 6.92 Å². The highest BCUT2D eigenvalue weighted by atomic mass is 16.4. The first-order chi connectivity index (χ1) is 12.5. The van der Waals surface area contributed by atoms with Gasteiger partial charge in [-0.2, -0.15) is 0 Å². The van der Waals surface area contributed by atoms with Crippen molar-refractivity contribution < 1.29 is 14.7 Å². The molecule has 0 aliphatic carbocycles. The molecule has 1 aromatic carbocycles. The summed E-state index contributed by atoms with van der Waals surface area (Å²) in [5.41, 5.74) is 2.77. The van der Waals surface area contributed by atoms with Crippen LogP contribution in [0.4, 0.5) is 11.5 Å². The Bertz CT molecular complexity index is 826. The van der Waals surface area contributed by atoms with Gasteiger partial charge >= 0.3 is 5.97 Å². The first-order valence-electron chi connectivity index (χ1n) is 9.17. The number of piperidine rings is 1. The molecule has 0 saturated carbocycles. The van der Waals surface area contributed by atoms with Crippen molar-refractivity contribution in [3.8, 4) is 0 Å². The van der Waals surface area contributed by atoms with Crippen molar-refractivity contribution in [3.05, 3.63) is 29.8 Å². The minimum absolute atomic E-state index is 0.0235. The molecule has 138 valence electrons. The zero-order valence-corrected chi connectivity index (χ0v) is 15.3. The molecule has 1 aliphatic heterocycles. The molecular weight excluding hydrogens is 330 g/mol. The lowest BCUT2D eigenvalue weighted by Crippen LogP contribution is -2.36. The van der Waals surface area contributed by atoms with E-state index in [4.69, 9.17) is 10.1 Å². The molecule has 0 spiro atoms. The maximum atomic E-state index is 11.8. The van der Waals surface area contributed by atoms with Gasteiger partial charge in [-0.05, 0) is 56.0 Å². The van der Waals surface area contributed by atoms with Crippen LogP contribution in [0.3, 0.4) is 0 Å². The molecule has 1 aliphatic rings. The van der Waals surface area contributed by atoms with Crippen LogP contribution in [0.15, 0.2) is 24.3 Å². The summed E-state index contributed by atoms with van der Waals surface area (Å²) in [6.07, 6.45) is 2.63. The number of anilines is 2. The molecule has 26 heavy (non-hydrogen) atoms. The fourth-order valence-electron chi connectivity index (χ4n) is 3.42. The van der Waals surface area contributed by atoms with Gasteiger partial charge in [0.05, 0.1) is 11.4 Å². The SMILES string of the molecule is CCCC(=O)Nc1ccc2nc(N3CCC(C(=O)O)CC3)cc(C)c2c1. The van der Waals surface area contributed by atoms with Crippen molar-refractivity contribution >= 4 is 34.3 Å². The van der Waals surface area contributed by atoms with E-state index in [2.05, 4.69) is 10.2 Å². The number of fused-ring (bicyclic) bond motifs is 1. The fraction of sp³-hybridized carbons (Fsp3) is 0.450. The van der Waals surface area contributed by atoms with Crippen LogP contribution in [0, 0.1) is 12.8 Å². The Morgan fingerprint density at radius 3 is 2.65 bits per heavy atom. The number of aliphatic carboxylic acids is 1. The van der Waals surface area contributed by atoms with Crippen LogP contribution < -0.4 is 10.2 Å². The number of benzene rings is 1. The highest BCUT2D eigenvalue weighted by Gasteiger charge is 2.25. The van der Waals surface area contributed by atoms with Crippen molar-refractivity contribution in [2.24, 2.45) is 5.92 Å². The summed E-state index contributed by atoms with van der Waals surface area (Å²) < 4.78 is 0. The standard InChI is InChI=1S/C20H25N3O3/c1-3-4-19(24)21-15-5-6-17-16(12-15)13(2)11-18(22-17)23-9-7-14(8-10-23)20(25)26/h5-6,11-12,14H,3-4,7-10H2,1-2H3,(H,21,24)(H,25,26). The number of amides is 1. The lowest BCUT2D eigenvalue weighted by molar-refractivity contribution is -0.142. The monoisotopic (exact) mass is 355 g/mol. The molecule has 2 N–H and O–H groups in total. The molecule has 0 bridgehead atoms. The van der Waals surface area contributed by atoms with E-state index < -0.39 is 5.97 Å². The van der Waals surface area contributed by atoms with Crippen LogP contribution in [0.1, 0.15) is 38.2 Å². The van der Waals surface area contributed by atoms with E-state index >= 15 is 0 Å². The Hall–Kier alpha value is -2.63. The van der Waals surface area contributed by atoms with Gasteiger partial charge in [-0.25, -0.2) is 4.98 Å². The summed E-state index contributed by atoms with van der Waals surface area (Å²) in [6.45, 7) is 5.43. The van der Waals surface area contributed by atoms with E-state index in [0.717, 1.165) is 34.4 Å². The average Bonchev–Trinajstić information content (AvgIpc) is 2.62. The molecule has 0 radical (unpaired) electrons. The zero-order chi connectivity index (χ0) is 18.7. The zero-order valence-electron chi connectivity index (χ0n) is 15.3. The normalized spacial score (nSPS) is 15.2. The maximum Gasteiger partial charge on any atom is 0.306 e. The smallest absolute Gasteiger partial charge is 0.306 e. The quantitative estimate of drug-likeness (QED) is 0.856. The van der Waals surface area contributed by atoms with Crippen molar-refractivity contribution in [2.75, 3.05) is 23.3 Å². The van der Waals surface area contributed by atoms with Gasteiger partial charge < -0.3 is 15.3 Å². The van der Waals surface area contributed by atoms with E-state index in [0.29, 0.717) is 32.4 Å². The number of carboxylic acid groups (broad SMARTS) is 1. The summed E-state index contributed by atoms with van der Waals surface area (Å²) in [7, 11) is 0. The summed E-state index contributed by atoms with van der Waals surface area (Å²) >= 11 is 0. The number of nitrogens with one attached hydrogen (secondary N) is 1. The third-order valence-corrected chi connectivity index (χ3v) is 4.93. The maximum absolute atomic E-state index is 11.8. The third-order valence-electron chi connectivity index (χ3n) is 4.93. The molecule has 6 nitrogen and oxygen atoms in total. The van der Waals surface area contributed by atoms with Gasteiger partial charge in [0.15, 0.2) is 0 Å². The van der Waals surface area contributed by atoms with Crippen molar-refractivity contribution in [1.29, 1.82) is 0 Å². The van der Waals surface area contributed by atoms with E-state index in [-0.39, 0.29) is 11.8 Å². The Balaban J connectivity index is 1.80. The van der Waals surface area contributed by atoms with Crippen LogP contribution in [0.2, 0.25) is 0 Å². The minimum atomic E-state index is -0.704. The highest BCUT2D eigenvalue weighted by Crippen LogP contribution is 2.28. The van der Waals surface area contributed by atoms with Gasteiger partial charge in [-0.15, -0.1) is 0 Å². The average molecular weight is 355 g/mol. The van der Waals surface area contributed by atoms with Crippen molar-refractivity contribution in [2.45, 2.75) is 39.5 Å². The lowest BCUT2D eigenvalue weighted by Gasteiger charge is -2.31. The van der Waals surface area contributed by atoms with Gasteiger partial charge in [0.1, 0.15) is 5.82 Å². The number of nitrogens with zero attached hydrogens (tertiary/aromatic N) is 2. The van der Waals surface area contributed by atoms with Crippen molar-refractivity contribution in [3.63, 3.8) is 0 Å².